The summed E-state index contributed by atoms with van der Waals surface area (Å²) in [5.41, 5.74) is 1.68. The van der Waals surface area contributed by atoms with Crippen LogP contribution in [-0.2, 0) is 6.42 Å². The number of nitro groups is 1. The third kappa shape index (κ3) is 7.82. The Hall–Kier alpha value is -2.69. The Balaban J connectivity index is 1.81. The van der Waals surface area contributed by atoms with E-state index in [1.54, 1.807) is 19.1 Å². The molecule has 0 bridgehead atoms. The number of aryl methyl sites for hydroxylation is 2. The number of rotatable bonds is 14. The van der Waals surface area contributed by atoms with Crippen LogP contribution in [0.1, 0.15) is 98.2 Å². The lowest BCUT2D eigenvalue weighted by molar-refractivity contribution is -0.384. The van der Waals surface area contributed by atoms with Gasteiger partial charge in [-0.25, -0.2) is 0 Å². The second kappa shape index (κ2) is 12.9. The van der Waals surface area contributed by atoms with Crippen LogP contribution in [0.5, 0.6) is 5.75 Å². The molecule has 0 saturated heterocycles. The molecule has 2 aromatic rings. The van der Waals surface area contributed by atoms with Gasteiger partial charge in [-0.05, 0) is 30.9 Å². The quantitative estimate of drug-likeness (QED) is 0.149. The molecule has 0 aliphatic carbocycles. The number of nitrogens with zero attached hydrogens (tertiary/aromatic N) is 1. The molecule has 5 nitrogen and oxygen atoms in total. The number of ketones is 1. The highest BCUT2D eigenvalue weighted by molar-refractivity contribution is 6.11. The zero-order chi connectivity index (χ0) is 22.6. The fourth-order valence-corrected chi connectivity index (χ4v) is 3.83. The maximum Gasteiger partial charge on any atom is 0.270 e. The molecule has 5 heteroatoms. The zero-order valence-electron chi connectivity index (χ0n) is 18.9. The summed E-state index contributed by atoms with van der Waals surface area (Å²) in [6.45, 7) is 3.79. The van der Waals surface area contributed by atoms with Gasteiger partial charge in [0, 0.05) is 17.7 Å². The van der Waals surface area contributed by atoms with Crippen molar-refractivity contribution >= 4 is 11.5 Å². The summed E-state index contributed by atoms with van der Waals surface area (Å²) < 4.78 is 0. The predicted molar refractivity (Wildman–Crippen MR) is 125 cm³/mol. The molecule has 31 heavy (non-hydrogen) atoms. The van der Waals surface area contributed by atoms with Crippen LogP contribution < -0.4 is 0 Å². The summed E-state index contributed by atoms with van der Waals surface area (Å²) in [7, 11) is 0. The van der Waals surface area contributed by atoms with Crippen LogP contribution in [0.25, 0.3) is 0 Å². The van der Waals surface area contributed by atoms with Gasteiger partial charge < -0.3 is 5.11 Å². The Kier molecular flexibility index (Phi) is 10.2. The van der Waals surface area contributed by atoms with Crippen molar-refractivity contribution in [2.45, 2.75) is 84.5 Å². The monoisotopic (exact) mass is 425 g/mol. The topological polar surface area (TPSA) is 80.4 Å². The van der Waals surface area contributed by atoms with Crippen LogP contribution in [0.2, 0.25) is 0 Å². The summed E-state index contributed by atoms with van der Waals surface area (Å²) in [5.74, 6) is -0.611. The van der Waals surface area contributed by atoms with Crippen LogP contribution >= 0.6 is 0 Å². The summed E-state index contributed by atoms with van der Waals surface area (Å²) in [4.78, 5) is 23.3. The lowest BCUT2D eigenvalue weighted by atomic mass is 9.97. The zero-order valence-corrected chi connectivity index (χ0v) is 18.9. The van der Waals surface area contributed by atoms with E-state index in [0.29, 0.717) is 11.1 Å². The third-order valence-corrected chi connectivity index (χ3v) is 5.78. The van der Waals surface area contributed by atoms with Crippen molar-refractivity contribution in [1.82, 2.24) is 0 Å². The number of carbonyl (C=O) groups is 1. The molecule has 0 heterocycles. The number of phenolic OH excluding ortho intramolecular Hbond substituents is 1. The summed E-state index contributed by atoms with van der Waals surface area (Å²) in [5, 5.41) is 21.3. The van der Waals surface area contributed by atoms with Crippen LogP contribution in [0.4, 0.5) is 5.69 Å². The average molecular weight is 426 g/mol. The van der Waals surface area contributed by atoms with E-state index in [0.717, 1.165) is 18.9 Å². The number of carbonyl (C=O) groups excluding carboxylic acids is 1. The fourth-order valence-electron chi connectivity index (χ4n) is 3.83. The first-order valence-corrected chi connectivity index (χ1v) is 11.6. The van der Waals surface area contributed by atoms with Gasteiger partial charge in [-0.1, -0.05) is 89.0 Å². The smallest absolute Gasteiger partial charge is 0.270 e. The number of phenols is 1. The van der Waals surface area contributed by atoms with E-state index in [9.17, 15) is 20.0 Å². The molecule has 0 aromatic heterocycles. The van der Waals surface area contributed by atoms with E-state index in [1.165, 1.54) is 69.4 Å². The van der Waals surface area contributed by atoms with Gasteiger partial charge >= 0.3 is 0 Å². The summed E-state index contributed by atoms with van der Waals surface area (Å²) in [6, 6.07) is 9.75. The summed E-state index contributed by atoms with van der Waals surface area (Å²) in [6.07, 6.45) is 14.0. The highest BCUT2D eigenvalue weighted by Crippen LogP contribution is 2.29. The van der Waals surface area contributed by atoms with Gasteiger partial charge in [0.2, 0.25) is 0 Å². The van der Waals surface area contributed by atoms with E-state index >= 15 is 0 Å². The Morgan fingerprint density at radius 3 is 2.00 bits per heavy atom. The Bertz CT molecular complexity index is 858. The van der Waals surface area contributed by atoms with Gasteiger partial charge in [-0.15, -0.1) is 0 Å². The molecule has 0 spiro atoms. The molecule has 0 radical (unpaired) electrons. The van der Waals surface area contributed by atoms with Gasteiger partial charge in [0.1, 0.15) is 5.75 Å². The number of hydrogen-bond donors (Lipinski definition) is 1. The molecule has 168 valence electrons. The van der Waals surface area contributed by atoms with Crippen molar-refractivity contribution < 1.29 is 14.8 Å². The first-order chi connectivity index (χ1) is 14.9. The van der Waals surface area contributed by atoms with Crippen molar-refractivity contribution in [2.24, 2.45) is 0 Å². The van der Waals surface area contributed by atoms with E-state index in [-0.39, 0.29) is 17.0 Å². The van der Waals surface area contributed by atoms with Gasteiger partial charge in [0.05, 0.1) is 10.5 Å². The number of nitro benzene ring substituents is 1. The second-order valence-corrected chi connectivity index (χ2v) is 8.37. The Morgan fingerprint density at radius 1 is 0.903 bits per heavy atom. The number of non-ortho nitro benzene ring substituents is 1. The minimum Gasteiger partial charge on any atom is -0.507 e. The molecule has 0 aliphatic heterocycles. The molecule has 0 saturated carbocycles. The SMILES string of the molecule is CCCCCCCCCCCCc1ccc(C(=O)c2cc([N+](=O)[O-])cc(C)c2O)cc1. The lowest BCUT2D eigenvalue weighted by Gasteiger charge is -2.08. The highest BCUT2D eigenvalue weighted by Gasteiger charge is 2.20. The number of hydrogen-bond acceptors (Lipinski definition) is 4. The Morgan fingerprint density at radius 2 is 1.45 bits per heavy atom. The van der Waals surface area contributed by atoms with E-state index in [2.05, 4.69) is 6.92 Å². The Labute approximate surface area is 185 Å². The van der Waals surface area contributed by atoms with Crippen LogP contribution in [0.3, 0.4) is 0 Å². The number of aromatic hydroxyl groups is 1. The molecule has 0 amide bonds. The van der Waals surface area contributed by atoms with Crippen molar-refractivity contribution in [2.75, 3.05) is 0 Å². The van der Waals surface area contributed by atoms with Crippen molar-refractivity contribution in [1.29, 1.82) is 0 Å². The first-order valence-electron chi connectivity index (χ1n) is 11.6. The van der Waals surface area contributed by atoms with E-state index < -0.39 is 10.7 Å². The predicted octanol–water partition coefficient (Wildman–Crippen LogP) is 7.30. The van der Waals surface area contributed by atoms with Crippen molar-refractivity contribution in [3.8, 4) is 5.75 Å². The molecular weight excluding hydrogens is 390 g/mol. The maximum atomic E-state index is 12.8. The van der Waals surface area contributed by atoms with Crippen LogP contribution in [-0.4, -0.2) is 15.8 Å². The van der Waals surface area contributed by atoms with Gasteiger partial charge in [-0.2, -0.15) is 0 Å². The van der Waals surface area contributed by atoms with Gasteiger partial charge in [0.25, 0.3) is 5.69 Å². The molecular formula is C26H35NO4. The molecule has 2 rings (SSSR count). The standard InChI is InChI=1S/C26H35NO4/c1-3-4-5-6-7-8-9-10-11-12-13-21-14-16-22(17-15-21)26(29)24-19-23(27(30)31)18-20(2)25(24)28/h14-19,28H,3-13H2,1-2H3. The largest absolute Gasteiger partial charge is 0.507 e. The molecule has 0 unspecified atom stereocenters. The van der Waals surface area contributed by atoms with E-state index in [1.807, 2.05) is 12.1 Å². The first kappa shape index (κ1) is 24.6. The fraction of sp³-hybridized carbons (Fsp3) is 0.500. The normalized spacial score (nSPS) is 10.9. The van der Waals surface area contributed by atoms with Gasteiger partial charge in [-0.3, -0.25) is 14.9 Å². The van der Waals surface area contributed by atoms with Gasteiger partial charge in [0.15, 0.2) is 5.78 Å². The minimum atomic E-state index is -0.557. The minimum absolute atomic E-state index is 0.0332. The maximum absolute atomic E-state index is 12.8. The lowest BCUT2D eigenvalue weighted by Crippen LogP contribution is -2.04. The highest BCUT2D eigenvalue weighted by atomic mass is 16.6. The molecule has 0 atom stereocenters. The third-order valence-electron chi connectivity index (χ3n) is 5.78. The van der Waals surface area contributed by atoms with Crippen molar-refractivity contribution in [3.63, 3.8) is 0 Å². The second-order valence-electron chi connectivity index (χ2n) is 8.37. The molecule has 2 aromatic carbocycles. The van der Waals surface area contributed by atoms with E-state index in [4.69, 9.17) is 0 Å². The van der Waals surface area contributed by atoms with Crippen LogP contribution in [0, 0.1) is 17.0 Å². The molecule has 0 fully saturated rings. The van der Waals surface area contributed by atoms with Crippen molar-refractivity contribution in [3.05, 3.63) is 68.8 Å². The molecule has 0 aliphatic rings. The average Bonchev–Trinajstić information content (AvgIpc) is 2.76. The van der Waals surface area contributed by atoms with Crippen LogP contribution in [0.15, 0.2) is 36.4 Å². The summed E-state index contributed by atoms with van der Waals surface area (Å²) >= 11 is 0. The number of benzene rings is 2. The number of unbranched alkanes of at least 4 members (excludes halogenated alkanes) is 9. The molecule has 1 N–H and O–H groups in total.